The van der Waals surface area contributed by atoms with Crippen LogP contribution in [0.25, 0.3) is 0 Å². The van der Waals surface area contributed by atoms with Crippen molar-refractivity contribution in [2.24, 2.45) is 0 Å². The lowest BCUT2D eigenvalue weighted by molar-refractivity contribution is -0.137. The van der Waals surface area contributed by atoms with Gasteiger partial charge in [-0.25, -0.2) is 13.1 Å². The molecule has 0 saturated heterocycles. The first-order valence-corrected chi connectivity index (χ1v) is 7.71. The molecule has 0 amide bonds. The number of hydrogen-bond acceptors (Lipinski definition) is 4. The summed E-state index contributed by atoms with van der Waals surface area (Å²) in [6.45, 7) is 2.00. The Morgan fingerprint density at radius 1 is 1.35 bits per heavy atom. The first-order chi connectivity index (χ1) is 9.36. The second kappa shape index (κ2) is 7.25. The normalized spacial score (nSPS) is 11.3. The summed E-state index contributed by atoms with van der Waals surface area (Å²) in [5, 5.41) is 8.49. The van der Waals surface area contributed by atoms with Gasteiger partial charge in [0.05, 0.1) is 7.11 Å². The van der Waals surface area contributed by atoms with Gasteiger partial charge >= 0.3 is 5.97 Å². The largest absolute Gasteiger partial charge is 0.495 e. The highest BCUT2D eigenvalue weighted by molar-refractivity contribution is 7.89. The van der Waals surface area contributed by atoms with Crippen LogP contribution >= 0.6 is 0 Å². The molecule has 0 aliphatic heterocycles. The van der Waals surface area contributed by atoms with E-state index < -0.39 is 16.0 Å². The number of carbonyl (C=O) groups is 1. The number of rotatable bonds is 8. The third-order valence-electron chi connectivity index (χ3n) is 2.72. The molecule has 0 bridgehead atoms. The van der Waals surface area contributed by atoms with E-state index >= 15 is 0 Å². The van der Waals surface area contributed by atoms with Gasteiger partial charge in [-0.15, -0.1) is 0 Å². The fourth-order valence-electron chi connectivity index (χ4n) is 1.68. The number of benzene rings is 1. The molecule has 0 aliphatic carbocycles. The zero-order chi connectivity index (χ0) is 15.2. The predicted molar refractivity (Wildman–Crippen MR) is 74.4 cm³/mol. The molecule has 0 heterocycles. The quantitative estimate of drug-likeness (QED) is 0.710. The van der Waals surface area contributed by atoms with Crippen molar-refractivity contribution in [1.29, 1.82) is 0 Å². The Labute approximate surface area is 118 Å². The Kier molecular flexibility index (Phi) is 5.97. The molecule has 1 aromatic carbocycles. The number of carboxylic acid groups (broad SMARTS) is 1. The maximum atomic E-state index is 12.2. The van der Waals surface area contributed by atoms with Gasteiger partial charge in [0, 0.05) is 13.0 Å². The molecule has 0 aliphatic rings. The van der Waals surface area contributed by atoms with E-state index in [4.69, 9.17) is 9.84 Å². The molecule has 112 valence electrons. The molecule has 20 heavy (non-hydrogen) atoms. The van der Waals surface area contributed by atoms with Crippen LogP contribution in [0, 0.1) is 6.92 Å². The van der Waals surface area contributed by atoms with E-state index in [-0.39, 0.29) is 23.6 Å². The molecule has 2 N–H and O–H groups in total. The van der Waals surface area contributed by atoms with Gasteiger partial charge in [0.1, 0.15) is 10.6 Å². The highest BCUT2D eigenvalue weighted by Gasteiger charge is 2.18. The topological polar surface area (TPSA) is 92.7 Å². The van der Waals surface area contributed by atoms with Gasteiger partial charge in [0.25, 0.3) is 0 Å². The van der Waals surface area contributed by atoms with E-state index in [1.807, 2.05) is 0 Å². The molecule has 0 spiro atoms. The molecule has 0 aromatic heterocycles. The van der Waals surface area contributed by atoms with Crippen molar-refractivity contribution < 1.29 is 23.1 Å². The zero-order valence-electron chi connectivity index (χ0n) is 11.5. The molecule has 0 unspecified atom stereocenters. The zero-order valence-corrected chi connectivity index (χ0v) is 12.4. The minimum Gasteiger partial charge on any atom is -0.495 e. The monoisotopic (exact) mass is 301 g/mol. The van der Waals surface area contributed by atoms with Gasteiger partial charge in [-0.2, -0.15) is 0 Å². The first kappa shape index (κ1) is 16.5. The van der Waals surface area contributed by atoms with Crippen LogP contribution in [-0.4, -0.2) is 33.1 Å². The second-order valence-corrected chi connectivity index (χ2v) is 6.14. The number of aryl methyl sites for hydroxylation is 1. The number of hydrogen-bond donors (Lipinski definition) is 2. The summed E-state index contributed by atoms with van der Waals surface area (Å²) in [6.07, 6.45) is 0.942. The van der Waals surface area contributed by atoms with E-state index in [0.717, 1.165) is 5.56 Å². The molecular formula is C13H19NO5S. The van der Waals surface area contributed by atoms with E-state index in [1.165, 1.54) is 7.11 Å². The lowest BCUT2D eigenvalue weighted by atomic mass is 10.2. The van der Waals surface area contributed by atoms with Crippen molar-refractivity contribution in [3.63, 3.8) is 0 Å². The molecule has 0 atom stereocenters. The van der Waals surface area contributed by atoms with Crippen LogP contribution in [0.3, 0.4) is 0 Å². The summed E-state index contributed by atoms with van der Waals surface area (Å²) < 4.78 is 31.8. The summed E-state index contributed by atoms with van der Waals surface area (Å²) in [6, 6.07) is 4.91. The fourth-order valence-corrected chi connectivity index (χ4v) is 3.01. The Hall–Kier alpha value is -1.60. The van der Waals surface area contributed by atoms with Crippen LogP contribution in [0.15, 0.2) is 23.1 Å². The van der Waals surface area contributed by atoms with Crippen LogP contribution < -0.4 is 9.46 Å². The van der Waals surface area contributed by atoms with Crippen molar-refractivity contribution in [2.75, 3.05) is 13.7 Å². The van der Waals surface area contributed by atoms with Gasteiger partial charge in [-0.1, -0.05) is 6.07 Å². The molecule has 1 aromatic rings. The average Bonchev–Trinajstić information content (AvgIpc) is 2.37. The van der Waals surface area contributed by atoms with Crippen LogP contribution in [0.4, 0.5) is 0 Å². The third kappa shape index (κ3) is 4.82. The van der Waals surface area contributed by atoms with E-state index in [9.17, 15) is 13.2 Å². The number of ether oxygens (including phenoxy) is 1. The van der Waals surface area contributed by atoms with Crippen molar-refractivity contribution >= 4 is 16.0 Å². The lowest BCUT2D eigenvalue weighted by Gasteiger charge is -2.11. The number of methoxy groups -OCH3 is 1. The van der Waals surface area contributed by atoms with Gasteiger partial charge in [0.2, 0.25) is 10.0 Å². The molecular weight excluding hydrogens is 282 g/mol. The third-order valence-corrected chi connectivity index (χ3v) is 4.20. The molecule has 1 rings (SSSR count). The van der Waals surface area contributed by atoms with Gasteiger partial charge in [-0.3, -0.25) is 4.79 Å². The highest BCUT2D eigenvalue weighted by atomic mass is 32.2. The van der Waals surface area contributed by atoms with Gasteiger partial charge in [-0.05, 0) is 37.5 Å². The summed E-state index contributed by atoms with van der Waals surface area (Å²) in [4.78, 5) is 10.4. The predicted octanol–water partition coefficient (Wildman–Crippen LogP) is 1.54. The number of nitrogens with one attached hydrogen (secondary N) is 1. The molecule has 0 fully saturated rings. The summed E-state index contributed by atoms with van der Waals surface area (Å²) in [5.41, 5.74) is 0.817. The Balaban J connectivity index is 2.69. The Bertz CT molecular complexity index is 568. The second-order valence-electron chi connectivity index (χ2n) is 4.40. The molecule has 0 radical (unpaired) electrons. The molecule has 6 nitrogen and oxygen atoms in total. The van der Waals surface area contributed by atoms with Crippen molar-refractivity contribution in [1.82, 2.24) is 4.72 Å². The maximum Gasteiger partial charge on any atom is 0.303 e. The van der Waals surface area contributed by atoms with Gasteiger partial charge < -0.3 is 9.84 Å². The van der Waals surface area contributed by atoms with Crippen molar-refractivity contribution in [3.8, 4) is 5.75 Å². The standard InChI is InChI=1S/C13H19NO5S/c1-10-6-7-11(19-2)12(9-10)20(17,18)14-8-4-3-5-13(15)16/h6-7,9,14H,3-5,8H2,1-2H3,(H,15,16). The van der Waals surface area contributed by atoms with E-state index in [1.54, 1.807) is 25.1 Å². The number of sulfonamides is 1. The SMILES string of the molecule is COc1ccc(C)cc1S(=O)(=O)NCCCCC(=O)O. The van der Waals surface area contributed by atoms with Crippen LogP contribution in [0.2, 0.25) is 0 Å². The van der Waals surface area contributed by atoms with Crippen LogP contribution in [0.5, 0.6) is 5.75 Å². The smallest absolute Gasteiger partial charge is 0.303 e. The van der Waals surface area contributed by atoms with Crippen molar-refractivity contribution in [2.45, 2.75) is 31.1 Å². The summed E-state index contributed by atoms with van der Waals surface area (Å²) >= 11 is 0. The summed E-state index contributed by atoms with van der Waals surface area (Å²) in [5.74, 6) is -0.596. The van der Waals surface area contributed by atoms with Gasteiger partial charge in [0.15, 0.2) is 0 Å². The van der Waals surface area contributed by atoms with Crippen molar-refractivity contribution in [3.05, 3.63) is 23.8 Å². The van der Waals surface area contributed by atoms with Crippen LogP contribution in [-0.2, 0) is 14.8 Å². The van der Waals surface area contributed by atoms with Crippen LogP contribution in [0.1, 0.15) is 24.8 Å². The number of carboxylic acids is 1. The lowest BCUT2D eigenvalue weighted by Crippen LogP contribution is -2.25. The van der Waals surface area contributed by atoms with E-state index in [2.05, 4.69) is 4.72 Å². The Morgan fingerprint density at radius 3 is 2.65 bits per heavy atom. The number of aliphatic carboxylic acids is 1. The Morgan fingerprint density at radius 2 is 2.05 bits per heavy atom. The highest BCUT2D eigenvalue weighted by Crippen LogP contribution is 2.24. The fraction of sp³-hybridized carbons (Fsp3) is 0.462. The maximum absolute atomic E-state index is 12.2. The first-order valence-electron chi connectivity index (χ1n) is 6.23. The molecule has 0 saturated carbocycles. The molecule has 7 heteroatoms. The minimum absolute atomic E-state index is 0.0372. The summed E-state index contributed by atoms with van der Waals surface area (Å²) in [7, 11) is -2.24. The van der Waals surface area contributed by atoms with E-state index in [0.29, 0.717) is 12.8 Å². The average molecular weight is 301 g/mol. The number of unbranched alkanes of at least 4 members (excludes halogenated alkanes) is 1. The minimum atomic E-state index is -3.65.